The number of nitro groups is 2. The molecule has 0 aliphatic rings. The van der Waals surface area contributed by atoms with E-state index in [1.54, 1.807) is 0 Å². The van der Waals surface area contributed by atoms with E-state index in [-0.39, 0.29) is 0 Å². The molecule has 1 rings (SSSR count). The summed E-state index contributed by atoms with van der Waals surface area (Å²) in [5.74, 6) is 0. The van der Waals surface area contributed by atoms with Gasteiger partial charge in [0.05, 0.1) is 9.85 Å². The summed E-state index contributed by atoms with van der Waals surface area (Å²) in [6.07, 6.45) is 0. The molecule has 0 saturated heterocycles. The zero-order valence-electron chi connectivity index (χ0n) is 7.73. The Hall–Kier alpha value is -1.78. The van der Waals surface area contributed by atoms with Crippen LogP contribution in [0.2, 0.25) is 5.02 Å². The number of hydrogen-bond acceptors (Lipinski definition) is 6. The summed E-state index contributed by atoms with van der Waals surface area (Å²) in [6, 6.07) is 1.19. The third-order valence-electron chi connectivity index (χ3n) is 1.72. The standard InChI is InChI=1S/C6H3ClN2O7S/c7-5-4(17(14,15)16)2-1-3(8(10)11)6(5)9(12)13/h1-2H,(H,14,15,16). The Bertz CT molecular complexity index is 611. The van der Waals surface area contributed by atoms with Crippen molar-refractivity contribution in [1.82, 2.24) is 0 Å². The largest absolute Gasteiger partial charge is 0.365 e. The minimum atomic E-state index is -4.79. The van der Waals surface area contributed by atoms with Crippen LogP contribution in [-0.4, -0.2) is 22.8 Å². The summed E-state index contributed by atoms with van der Waals surface area (Å²) in [7, 11) is -4.79. The fourth-order valence-corrected chi connectivity index (χ4v) is 2.14. The van der Waals surface area contributed by atoms with Crippen molar-refractivity contribution in [3.8, 4) is 0 Å². The van der Waals surface area contributed by atoms with E-state index >= 15 is 0 Å². The van der Waals surface area contributed by atoms with Gasteiger partial charge < -0.3 is 0 Å². The van der Waals surface area contributed by atoms with Gasteiger partial charge in [-0.25, -0.2) is 0 Å². The van der Waals surface area contributed by atoms with Gasteiger partial charge in [0, 0.05) is 6.07 Å². The summed E-state index contributed by atoms with van der Waals surface area (Å²) < 4.78 is 30.3. The molecule has 0 amide bonds. The first-order valence-corrected chi connectivity index (χ1v) is 5.57. The fraction of sp³-hybridized carbons (Fsp3) is 0. The zero-order chi connectivity index (χ0) is 13.4. The lowest BCUT2D eigenvalue weighted by Crippen LogP contribution is -2.04. The number of benzene rings is 1. The minimum absolute atomic E-state index is 0.577. The van der Waals surface area contributed by atoms with Crippen LogP contribution in [-0.2, 0) is 10.1 Å². The van der Waals surface area contributed by atoms with E-state index in [9.17, 15) is 28.6 Å². The summed E-state index contributed by atoms with van der Waals surface area (Å²) in [5, 5.41) is 20.0. The molecule has 0 spiro atoms. The Kier molecular flexibility index (Phi) is 3.31. The normalized spacial score (nSPS) is 11.2. The van der Waals surface area contributed by atoms with Crippen molar-refractivity contribution < 1.29 is 22.8 Å². The van der Waals surface area contributed by atoms with Crippen LogP contribution in [0.3, 0.4) is 0 Å². The molecule has 0 aliphatic heterocycles. The highest BCUT2D eigenvalue weighted by Crippen LogP contribution is 2.38. The number of nitro benzene ring substituents is 2. The van der Waals surface area contributed by atoms with Crippen LogP contribution in [0.5, 0.6) is 0 Å². The third kappa shape index (κ3) is 2.49. The molecule has 1 aromatic carbocycles. The maximum Gasteiger partial charge on any atom is 0.365 e. The first-order valence-electron chi connectivity index (χ1n) is 3.75. The third-order valence-corrected chi connectivity index (χ3v) is 3.11. The van der Waals surface area contributed by atoms with Gasteiger partial charge in [0.1, 0.15) is 9.92 Å². The van der Waals surface area contributed by atoms with Gasteiger partial charge in [0.2, 0.25) is 0 Å². The van der Waals surface area contributed by atoms with Gasteiger partial charge in [-0.3, -0.25) is 24.8 Å². The lowest BCUT2D eigenvalue weighted by molar-refractivity contribution is -0.422. The van der Waals surface area contributed by atoms with E-state index in [4.69, 9.17) is 16.2 Å². The number of nitrogens with zero attached hydrogens (tertiary/aromatic N) is 2. The van der Waals surface area contributed by atoms with Crippen molar-refractivity contribution in [2.45, 2.75) is 4.90 Å². The molecule has 1 aromatic rings. The molecule has 0 bridgehead atoms. The molecule has 17 heavy (non-hydrogen) atoms. The lowest BCUT2D eigenvalue weighted by atomic mass is 10.3. The predicted molar refractivity (Wildman–Crippen MR) is 54.6 cm³/mol. The van der Waals surface area contributed by atoms with Crippen LogP contribution in [0.1, 0.15) is 0 Å². The fourth-order valence-electron chi connectivity index (χ4n) is 1.06. The molecule has 0 saturated carbocycles. The van der Waals surface area contributed by atoms with Crippen molar-refractivity contribution in [2.75, 3.05) is 0 Å². The second kappa shape index (κ2) is 4.24. The van der Waals surface area contributed by atoms with Gasteiger partial charge in [0.25, 0.3) is 10.1 Å². The second-order valence-electron chi connectivity index (χ2n) is 2.73. The summed E-state index contributed by atoms with van der Waals surface area (Å²) >= 11 is 5.35. The molecule has 92 valence electrons. The molecular formula is C6H3ClN2O7S. The number of hydrogen-bond donors (Lipinski definition) is 1. The van der Waals surface area contributed by atoms with Crippen LogP contribution in [0, 0.1) is 20.2 Å². The topological polar surface area (TPSA) is 141 Å². The van der Waals surface area contributed by atoms with Gasteiger partial charge in [0.15, 0.2) is 0 Å². The maximum atomic E-state index is 10.8. The lowest BCUT2D eigenvalue weighted by Gasteiger charge is -2.01. The molecule has 0 aromatic heterocycles. The zero-order valence-corrected chi connectivity index (χ0v) is 9.30. The van der Waals surface area contributed by atoms with E-state index in [0.717, 1.165) is 0 Å². The molecular weight excluding hydrogens is 280 g/mol. The van der Waals surface area contributed by atoms with Gasteiger partial charge in [-0.1, -0.05) is 11.6 Å². The Morgan fingerprint density at radius 2 is 1.71 bits per heavy atom. The van der Waals surface area contributed by atoms with Crippen molar-refractivity contribution in [3.05, 3.63) is 37.4 Å². The van der Waals surface area contributed by atoms with Crippen LogP contribution in [0.15, 0.2) is 17.0 Å². The summed E-state index contributed by atoms with van der Waals surface area (Å²) in [5.41, 5.74) is -2.15. The van der Waals surface area contributed by atoms with E-state index in [2.05, 4.69) is 0 Å². The minimum Gasteiger partial charge on any atom is -0.282 e. The number of halogens is 1. The SMILES string of the molecule is O=[N+]([O-])c1ccc(S(=O)(=O)O)c(Cl)c1[N+](=O)[O-]. The second-order valence-corrected chi connectivity index (χ2v) is 4.50. The molecule has 0 unspecified atom stereocenters. The maximum absolute atomic E-state index is 10.8. The smallest absolute Gasteiger partial charge is 0.282 e. The van der Waals surface area contributed by atoms with Crippen molar-refractivity contribution in [3.63, 3.8) is 0 Å². The molecule has 11 heteroatoms. The highest BCUT2D eigenvalue weighted by molar-refractivity contribution is 7.86. The Balaban J connectivity index is 3.73. The van der Waals surface area contributed by atoms with Gasteiger partial charge in [-0.05, 0) is 6.07 Å². The Labute approximate surface area is 98.7 Å². The van der Waals surface area contributed by atoms with Crippen LogP contribution in [0.25, 0.3) is 0 Å². The molecule has 0 aliphatic carbocycles. The van der Waals surface area contributed by atoms with Crippen molar-refractivity contribution >= 4 is 33.1 Å². The van der Waals surface area contributed by atoms with Gasteiger partial charge >= 0.3 is 11.4 Å². The monoisotopic (exact) mass is 282 g/mol. The molecule has 0 fully saturated rings. The first-order chi connectivity index (χ1) is 7.66. The first kappa shape index (κ1) is 13.3. The van der Waals surface area contributed by atoms with Crippen LogP contribution in [0.4, 0.5) is 11.4 Å². The van der Waals surface area contributed by atoms with E-state index in [1.165, 1.54) is 0 Å². The van der Waals surface area contributed by atoms with E-state index in [1.807, 2.05) is 0 Å². The molecule has 0 radical (unpaired) electrons. The highest BCUT2D eigenvalue weighted by Gasteiger charge is 2.33. The molecule has 9 nitrogen and oxygen atoms in total. The van der Waals surface area contributed by atoms with Crippen LogP contribution >= 0.6 is 11.6 Å². The highest BCUT2D eigenvalue weighted by atomic mass is 35.5. The molecule has 0 heterocycles. The van der Waals surface area contributed by atoms with Gasteiger partial charge in [-0.2, -0.15) is 8.42 Å². The molecule has 0 atom stereocenters. The van der Waals surface area contributed by atoms with Gasteiger partial charge in [-0.15, -0.1) is 0 Å². The average molecular weight is 283 g/mol. The average Bonchev–Trinajstić information content (AvgIpc) is 2.13. The molecule has 1 N–H and O–H groups in total. The van der Waals surface area contributed by atoms with Crippen LogP contribution < -0.4 is 0 Å². The Morgan fingerprint density at radius 1 is 1.18 bits per heavy atom. The quantitative estimate of drug-likeness (QED) is 0.501. The number of rotatable bonds is 3. The Morgan fingerprint density at radius 3 is 2.06 bits per heavy atom. The summed E-state index contributed by atoms with van der Waals surface area (Å²) in [6.45, 7) is 0. The van der Waals surface area contributed by atoms with E-state index < -0.39 is 41.3 Å². The van der Waals surface area contributed by atoms with Crippen molar-refractivity contribution in [1.29, 1.82) is 0 Å². The van der Waals surface area contributed by atoms with E-state index in [0.29, 0.717) is 12.1 Å². The van der Waals surface area contributed by atoms with Crippen molar-refractivity contribution in [2.24, 2.45) is 0 Å². The predicted octanol–water partition coefficient (Wildman–Crippen LogP) is 1.40. The summed E-state index contributed by atoms with van der Waals surface area (Å²) in [4.78, 5) is 17.8.